The standard InChI is InChI=1S/C11H13N3O3/c12-7-2-3-9(8(6-7)10(15)16)14-5-1-4-13-11(14)17/h2-3,6H,1,4-5,12H2,(H,13,17)(H,15,16). The molecule has 90 valence electrons. The maximum absolute atomic E-state index is 11.6. The van der Waals surface area contributed by atoms with Gasteiger partial charge in [-0.1, -0.05) is 0 Å². The third-order valence-corrected chi connectivity index (χ3v) is 2.62. The van der Waals surface area contributed by atoms with Gasteiger partial charge < -0.3 is 16.2 Å². The lowest BCUT2D eigenvalue weighted by Gasteiger charge is -2.28. The average molecular weight is 235 g/mol. The number of nitrogen functional groups attached to an aromatic ring is 1. The van der Waals surface area contributed by atoms with Crippen LogP contribution in [0.2, 0.25) is 0 Å². The van der Waals surface area contributed by atoms with E-state index in [4.69, 9.17) is 10.8 Å². The van der Waals surface area contributed by atoms with Crippen molar-refractivity contribution in [2.24, 2.45) is 0 Å². The van der Waals surface area contributed by atoms with Crippen LogP contribution in [0.15, 0.2) is 18.2 Å². The van der Waals surface area contributed by atoms with Gasteiger partial charge in [0.05, 0.1) is 11.3 Å². The summed E-state index contributed by atoms with van der Waals surface area (Å²) in [7, 11) is 0. The Labute approximate surface area is 98.0 Å². The number of carboxylic acids is 1. The van der Waals surface area contributed by atoms with E-state index in [1.54, 1.807) is 12.1 Å². The normalized spacial score (nSPS) is 15.5. The van der Waals surface area contributed by atoms with Gasteiger partial charge >= 0.3 is 12.0 Å². The van der Waals surface area contributed by atoms with Crippen molar-refractivity contribution in [2.75, 3.05) is 23.7 Å². The first-order chi connectivity index (χ1) is 8.09. The van der Waals surface area contributed by atoms with Crippen molar-refractivity contribution < 1.29 is 14.7 Å². The second-order valence-corrected chi connectivity index (χ2v) is 3.82. The molecule has 6 heteroatoms. The van der Waals surface area contributed by atoms with E-state index in [0.717, 1.165) is 6.42 Å². The van der Waals surface area contributed by atoms with Gasteiger partial charge in [-0.3, -0.25) is 4.90 Å². The largest absolute Gasteiger partial charge is 0.478 e. The minimum Gasteiger partial charge on any atom is -0.478 e. The molecule has 0 spiro atoms. The number of anilines is 2. The Morgan fingerprint density at radius 1 is 1.47 bits per heavy atom. The summed E-state index contributed by atoms with van der Waals surface area (Å²) in [6, 6.07) is 4.23. The first kappa shape index (κ1) is 11.3. The molecule has 1 heterocycles. The number of hydrogen-bond acceptors (Lipinski definition) is 3. The van der Waals surface area contributed by atoms with Crippen molar-refractivity contribution in [2.45, 2.75) is 6.42 Å². The molecule has 17 heavy (non-hydrogen) atoms. The lowest BCUT2D eigenvalue weighted by Crippen LogP contribution is -2.47. The van der Waals surface area contributed by atoms with Gasteiger partial charge in [0.15, 0.2) is 0 Å². The molecule has 1 aromatic rings. The maximum Gasteiger partial charge on any atom is 0.337 e. The summed E-state index contributed by atoms with van der Waals surface area (Å²) in [4.78, 5) is 24.2. The zero-order valence-electron chi connectivity index (χ0n) is 9.14. The van der Waals surface area contributed by atoms with Crippen LogP contribution in [-0.4, -0.2) is 30.2 Å². The van der Waals surface area contributed by atoms with E-state index in [2.05, 4.69) is 5.32 Å². The van der Waals surface area contributed by atoms with Crippen molar-refractivity contribution in [1.82, 2.24) is 5.32 Å². The van der Waals surface area contributed by atoms with Crippen molar-refractivity contribution >= 4 is 23.4 Å². The maximum atomic E-state index is 11.6. The first-order valence-electron chi connectivity index (χ1n) is 5.28. The summed E-state index contributed by atoms with van der Waals surface area (Å²) in [5, 5.41) is 11.8. The highest BCUT2D eigenvalue weighted by molar-refractivity contribution is 6.02. The van der Waals surface area contributed by atoms with E-state index < -0.39 is 5.97 Å². The molecule has 0 saturated carbocycles. The summed E-state index contributed by atoms with van der Waals surface area (Å²) in [5.74, 6) is -1.09. The van der Waals surface area contributed by atoms with Crippen LogP contribution in [0.3, 0.4) is 0 Å². The number of amides is 2. The highest BCUT2D eigenvalue weighted by Gasteiger charge is 2.23. The number of nitrogens with zero attached hydrogens (tertiary/aromatic N) is 1. The van der Waals surface area contributed by atoms with Crippen molar-refractivity contribution in [3.05, 3.63) is 23.8 Å². The van der Waals surface area contributed by atoms with E-state index in [-0.39, 0.29) is 11.6 Å². The summed E-state index contributed by atoms with van der Waals surface area (Å²) in [6.45, 7) is 1.13. The summed E-state index contributed by atoms with van der Waals surface area (Å²) in [6.07, 6.45) is 0.787. The Bertz CT molecular complexity index is 473. The molecule has 2 amide bonds. The van der Waals surface area contributed by atoms with Crippen LogP contribution in [0.1, 0.15) is 16.8 Å². The molecule has 0 aromatic heterocycles. The van der Waals surface area contributed by atoms with Crippen LogP contribution < -0.4 is 16.0 Å². The molecule has 4 N–H and O–H groups in total. The van der Waals surface area contributed by atoms with Crippen LogP contribution in [0.4, 0.5) is 16.2 Å². The number of aromatic carboxylic acids is 1. The molecule has 0 radical (unpaired) electrons. The van der Waals surface area contributed by atoms with Crippen LogP contribution in [0.25, 0.3) is 0 Å². The molecule has 0 bridgehead atoms. The monoisotopic (exact) mass is 235 g/mol. The van der Waals surface area contributed by atoms with Crippen LogP contribution in [0.5, 0.6) is 0 Å². The zero-order chi connectivity index (χ0) is 12.4. The quantitative estimate of drug-likeness (QED) is 0.663. The first-order valence-corrected chi connectivity index (χ1v) is 5.28. The topological polar surface area (TPSA) is 95.7 Å². The fraction of sp³-hybridized carbons (Fsp3) is 0.273. The molecule has 6 nitrogen and oxygen atoms in total. The molecule has 2 rings (SSSR count). The molecule has 0 aliphatic carbocycles. The number of carbonyl (C=O) groups is 2. The number of benzene rings is 1. The molecule has 1 aromatic carbocycles. The Morgan fingerprint density at radius 2 is 2.24 bits per heavy atom. The minimum atomic E-state index is -1.09. The van der Waals surface area contributed by atoms with E-state index in [9.17, 15) is 9.59 Å². The third-order valence-electron chi connectivity index (χ3n) is 2.62. The van der Waals surface area contributed by atoms with Crippen molar-refractivity contribution in [3.8, 4) is 0 Å². The average Bonchev–Trinajstić information content (AvgIpc) is 2.30. The summed E-state index contributed by atoms with van der Waals surface area (Å²) < 4.78 is 0. The smallest absolute Gasteiger partial charge is 0.337 e. The molecule has 0 atom stereocenters. The van der Waals surface area contributed by atoms with Gasteiger partial charge in [-0.2, -0.15) is 0 Å². The number of rotatable bonds is 2. The fourth-order valence-electron chi connectivity index (χ4n) is 1.82. The number of nitrogens with two attached hydrogens (primary N) is 1. The SMILES string of the molecule is Nc1ccc(N2CCCNC2=O)c(C(=O)O)c1. The second-order valence-electron chi connectivity index (χ2n) is 3.82. The van der Waals surface area contributed by atoms with Crippen LogP contribution in [0, 0.1) is 0 Å². The Balaban J connectivity index is 2.43. The molecule has 1 saturated heterocycles. The Kier molecular flexibility index (Phi) is 2.86. The van der Waals surface area contributed by atoms with E-state index in [1.807, 2.05) is 0 Å². The molecular weight excluding hydrogens is 222 g/mol. The van der Waals surface area contributed by atoms with Gasteiger partial charge in [0, 0.05) is 18.8 Å². The number of carboxylic acid groups (broad SMARTS) is 1. The van der Waals surface area contributed by atoms with E-state index in [0.29, 0.717) is 24.5 Å². The lowest BCUT2D eigenvalue weighted by molar-refractivity contribution is 0.0697. The summed E-state index contributed by atoms with van der Waals surface area (Å²) in [5.41, 5.74) is 6.33. The Hall–Kier alpha value is -2.24. The lowest BCUT2D eigenvalue weighted by atomic mass is 10.1. The van der Waals surface area contributed by atoms with Crippen molar-refractivity contribution in [3.63, 3.8) is 0 Å². The van der Waals surface area contributed by atoms with Gasteiger partial charge in [0.25, 0.3) is 0 Å². The second kappa shape index (κ2) is 4.32. The number of hydrogen-bond donors (Lipinski definition) is 3. The van der Waals surface area contributed by atoms with Gasteiger partial charge in [-0.15, -0.1) is 0 Å². The molecule has 1 aliphatic heterocycles. The van der Waals surface area contributed by atoms with Gasteiger partial charge in [-0.05, 0) is 24.6 Å². The third kappa shape index (κ3) is 2.15. The molecule has 0 unspecified atom stereocenters. The van der Waals surface area contributed by atoms with E-state index >= 15 is 0 Å². The summed E-state index contributed by atoms with van der Waals surface area (Å²) >= 11 is 0. The fourth-order valence-corrected chi connectivity index (χ4v) is 1.82. The molecule has 1 fully saturated rings. The zero-order valence-corrected chi connectivity index (χ0v) is 9.14. The van der Waals surface area contributed by atoms with Gasteiger partial charge in [-0.25, -0.2) is 9.59 Å². The number of nitrogens with one attached hydrogen (secondary N) is 1. The Morgan fingerprint density at radius 3 is 2.88 bits per heavy atom. The number of urea groups is 1. The molecule has 1 aliphatic rings. The minimum absolute atomic E-state index is 0.0436. The number of carbonyl (C=O) groups excluding carboxylic acids is 1. The highest BCUT2D eigenvalue weighted by atomic mass is 16.4. The predicted octanol–water partition coefficient (Wildman–Crippen LogP) is 0.887. The molecular formula is C11H13N3O3. The van der Waals surface area contributed by atoms with Gasteiger partial charge in [0.2, 0.25) is 0 Å². The predicted molar refractivity (Wildman–Crippen MR) is 63.2 cm³/mol. The van der Waals surface area contributed by atoms with Crippen LogP contribution in [-0.2, 0) is 0 Å². The van der Waals surface area contributed by atoms with Gasteiger partial charge in [0.1, 0.15) is 0 Å². The van der Waals surface area contributed by atoms with Crippen LogP contribution >= 0.6 is 0 Å². The van der Waals surface area contributed by atoms with E-state index in [1.165, 1.54) is 11.0 Å². The van der Waals surface area contributed by atoms with Crippen molar-refractivity contribution in [1.29, 1.82) is 0 Å². The highest BCUT2D eigenvalue weighted by Crippen LogP contribution is 2.24.